The molecule has 13 heavy (non-hydrogen) atoms. The summed E-state index contributed by atoms with van der Waals surface area (Å²) in [5.41, 5.74) is 6.44. The van der Waals surface area contributed by atoms with E-state index in [2.05, 4.69) is 17.4 Å². The first kappa shape index (κ1) is 12.8. The van der Waals surface area contributed by atoms with Gasteiger partial charge in [0.25, 0.3) is 0 Å². The van der Waals surface area contributed by atoms with Crippen LogP contribution in [-0.4, -0.2) is 13.1 Å². The normalized spacial score (nSPS) is 8.77. The van der Waals surface area contributed by atoms with E-state index >= 15 is 0 Å². The van der Waals surface area contributed by atoms with Crippen LogP contribution in [0.15, 0.2) is 23.1 Å². The monoisotopic (exact) mass is 206 g/mol. The van der Waals surface area contributed by atoms with Gasteiger partial charge in [0.2, 0.25) is 0 Å². The Balaban J connectivity index is 0.00000144. The van der Waals surface area contributed by atoms with Crippen LogP contribution in [0.1, 0.15) is 10.4 Å². The molecule has 0 saturated heterocycles. The van der Waals surface area contributed by atoms with Crippen molar-refractivity contribution < 1.29 is 39.1 Å². The van der Waals surface area contributed by atoms with Gasteiger partial charge in [-0.25, -0.2) is 4.79 Å². The largest absolute Gasteiger partial charge is 1.00 e. The first-order valence-electron chi connectivity index (χ1n) is 3.32. The molecule has 1 aromatic carbocycles. The molecular formula is C8H9NNaO2S+. The number of nitrogens with two attached hydrogens (primary N) is 1. The second-order valence-corrected chi connectivity index (χ2v) is 2.75. The summed E-state index contributed by atoms with van der Waals surface area (Å²) in [7, 11) is 1.33. The molecular weight excluding hydrogens is 197 g/mol. The Morgan fingerprint density at radius 2 is 2.15 bits per heavy atom. The number of hydrogen-bond donors (Lipinski definition) is 2. The molecule has 1 aromatic rings. The number of hydrogen-bond acceptors (Lipinski definition) is 4. The number of benzene rings is 1. The molecule has 0 bridgehead atoms. The van der Waals surface area contributed by atoms with Crippen molar-refractivity contribution in [2.24, 2.45) is 0 Å². The maximum Gasteiger partial charge on any atom is 1.00 e. The summed E-state index contributed by atoms with van der Waals surface area (Å²) in [6.45, 7) is 0. The van der Waals surface area contributed by atoms with Gasteiger partial charge < -0.3 is 10.5 Å². The van der Waals surface area contributed by atoms with E-state index in [4.69, 9.17) is 5.73 Å². The molecule has 0 spiro atoms. The summed E-state index contributed by atoms with van der Waals surface area (Å²) in [5, 5.41) is 0. The fourth-order valence-electron chi connectivity index (χ4n) is 0.799. The average molecular weight is 206 g/mol. The molecule has 3 nitrogen and oxygen atoms in total. The number of methoxy groups -OCH3 is 1. The van der Waals surface area contributed by atoms with Crippen LogP contribution in [0.5, 0.6) is 0 Å². The molecule has 0 aromatic heterocycles. The molecule has 0 heterocycles. The van der Waals surface area contributed by atoms with Crippen molar-refractivity contribution in [1.29, 1.82) is 0 Å². The van der Waals surface area contributed by atoms with Crippen molar-refractivity contribution in [3.63, 3.8) is 0 Å². The third-order valence-corrected chi connectivity index (χ3v) is 1.86. The first-order chi connectivity index (χ1) is 5.65. The van der Waals surface area contributed by atoms with Crippen LogP contribution in [-0.2, 0) is 4.74 Å². The number of esters is 1. The SMILES string of the molecule is COC(=O)c1ccc(S)c(N)c1.[Na+]. The minimum Gasteiger partial charge on any atom is -0.465 e. The van der Waals surface area contributed by atoms with Crippen LogP contribution in [0.2, 0.25) is 0 Å². The Kier molecular flexibility index (Phi) is 5.48. The van der Waals surface area contributed by atoms with Gasteiger partial charge in [-0.05, 0) is 18.2 Å². The third-order valence-electron chi connectivity index (χ3n) is 1.45. The maximum absolute atomic E-state index is 11.0. The third kappa shape index (κ3) is 3.23. The van der Waals surface area contributed by atoms with E-state index in [1.54, 1.807) is 12.1 Å². The average Bonchev–Trinajstić information content (AvgIpc) is 2.08. The Morgan fingerprint density at radius 3 is 2.62 bits per heavy atom. The number of carbonyl (C=O) groups excluding carboxylic acids is 1. The second kappa shape index (κ2) is 5.54. The zero-order chi connectivity index (χ0) is 9.14. The number of nitrogen functional groups attached to an aromatic ring is 1. The Labute approximate surface area is 104 Å². The molecule has 1 rings (SSSR count). The minimum atomic E-state index is -0.393. The molecule has 0 aliphatic rings. The molecule has 0 radical (unpaired) electrons. The Hall–Kier alpha value is -0.160. The van der Waals surface area contributed by atoms with E-state index in [1.165, 1.54) is 13.2 Å². The molecule has 0 aliphatic heterocycles. The Bertz CT molecular complexity index is 317. The van der Waals surface area contributed by atoms with Crippen molar-refractivity contribution in [1.82, 2.24) is 0 Å². The van der Waals surface area contributed by atoms with Crippen molar-refractivity contribution in [2.75, 3.05) is 12.8 Å². The van der Waals surface area contributed by atoms with Crippen LogP contribution in [0.25, 0.3) is 0 Å². The van der Waals surface area contributed by atoms with Crippen LogP contribution in [0.3, 0.4) is 0 Å². The van der Waals surface area contributed by atoms with Crippen LogP contribution in [0, 0.1) is 0 Å². The summed E-state index contributed by atoms with van der Waals surface area (Å²) in [5.74, 6) is -0.393. The molecule has 64 valence electrons. The van der Waals surface area contributed by atoms with E-state index in [1.807, 2.05) is 0 Å². The number of ether oxygens (including phenoxy) is 1. The quantitative estimate of drug-likeness (QED) is 0.250. The molecule has 0 atom stereocenters. The van der Waals surface area contributed by atoms with Crippen LogP contribution < -0.4 is 35.3 Å². The summed E-state index contributed by atoms with van der Waals surface area (Å²) in [4.78, 5) is 11.6. The van der Waals surface area contributed by atoms with Crippen molar-refractivity contribution in [2.45, 2.75) is 4.90 Å². The summed E-state index contributed by atoms with van der Waals surface area (Å²) in [6.07, 6.45) is 0. The predicted octanol–water partition coefficient (Wildman–Crippen LogP) is -1.65. The zero-order valence-corrected chi connectivity index (χ0v) is 10.5. The smallest absolute Gasteiger partial charge is 0.465 e. The molecule has 2 N–H and O–H groups in total. The molecule has 0 aliphatic carbocycles. The van der Waals surface area contributed by atoms with Gasteiger partial charge in [0.05, 0.1) is 12.7 Å². The number of carbonyl (C=O) groups is 1. The van der Waals surface area contributed by atoms with E-state index in [9.17, 15) is 4.79 Å². The van der Waals surface area contributed by atoms with Gasteiger partial charge in [-0.3, -0.25) is 0 Å². The van der Waals surface area contributed by atoms with Crippen molar-refractivity contribution >= 4 is 24.3 Å². The molecule has 0 fully saturated rings. The number of rotatable bonds is 1. The van der Waals surface area contributed by atoms with E-state index in [0.29, 0.717) is 16.1 Å². The second-order valence-electron chi connectivity index (χ2n) is 2.27. The standard InChI is InChI=1S/C8H9NO2S.Na/c1-11-8(10)5-2-3-7(12)6(9)4-5;/h2-4,12H,9H2,1H3;/q;+1. The van der Waals surface area contributed by atoms with Gasteiger partial charge in [0.1, 0.15) is 0 Å². The number of thiol groups is 1. The Morgan fingerprint density at radius 1 is 1.54 bits per heavy atom. The summed E-state index contributed by atoms with van der Waals surface area (Å²) >= 11 is 4.07. The predicted molar refractivity (Wildman–Crippen MR) is 49.4 cm³/mol. The zero-order valence-electron chi connectivity index (χ0n) is 7.57. The molecule has 0 saturated carbocycles. The fraction of sp³-hybridized carbons (Fsp3) is 0.125. The summed E-state index contributed by atoms with van der Waals surface area (Å²) < 4.78 is 4.51. The molecule has 5 heteroatoms. The topological polar surface area (TPSA) is 52.3 Å². The minimum absolute atomic E-state index is 0. The van der Waals surface area contributed by atoms with E-state index in [0.717, 1.165) is 0 Å². The van der Waals surface area contributed by atoms with Gasteiger partial charge >= 0.3 is 35.5 Å². The van der Waals surface area contributed by atoms with Gasteiger partial charge in [0.15, 0.2) is 0 Å². The number of anilines is 1. The van der Waals surface area contributed by atoms with Crippen LogP contribution >= 0.6 is 12.6 Å². The van der Waals surface area contributed by atoms with Gasteiger partial charge in [-0.15, -0.1) is 12.6 Å². The van der Waals surface area contributed by atoms with E-state index in [-0.39, 0.29) is 29.6 Å². The first-order valence-corrected chi connectivity index (χ1v) is 3.76. The van der Waals surface area contributed by atoms with Crippen molar-refractivity contribution in [3.05, 3.63) is 23.8 Å². The summed E-state index contributed by atoms with van der Waals surface area (Å²) in [6, 6.07) is 4.81. The van der Waals surface area contributed by atoms with E-state index < -0.39 is 5.97 Å². The van der Waals surface area contributed by atoms with Crippen molar-refractivity contribution in [3.8, 4) is 0 Å². The fourth-order valence-corrected chi connectivity index (χ4v) is 0.938. The van der Waals surface area contributed by atoms with Gasteiger partial charge in [-0.1, -0.05) is 0 Å². The van der Waals surface area contributed by atoms with Gasteiger partial charge in [0, 0.05) is 10.6 Å². The molecule has 0 amide bonds. The van der Waals surface area contributed by atoms with Gasteiger partial charge in [-0.2, -0.15) is 0 Å². The molecule has 0 unspecified atom stereocenters. The van der Waals surface area contributed by atoms with Crippen LogP contribution in [0.4, 0.5) is 5.69 Å². The maximum atomic E-state index is 11.0.